The maximum atomic E-state index is 9.86. The van der Waals surface area contributed by atoms with Gasteiger partial charge in [0.1, 0.15) is 12.1 Å². The summed E-state index contributed by atoms with van der Waals surface area (Å²) in [6.45, 7) is 0. The molecule has 0 unspecified atom stereocenters. The molecule has 0 N–H and O–H groups in total. The third-order valence-electron chi connectivity index (χ3n) is 10.6. The van der Waals surface area contributed by atoms with Crippen LogP contribution in [0.15, 0.2) is 182 Å². The first-order valence-corrected chi connectivity index (χ1v) is 18.0. The van der Waals surface area contributed by atoms with Gasteiger partial charge in [0.15, 0.2) is 0 Å². The molecular weight excluding hydrogens is 657 g/mol. The third-order valence-corrected chi connectivity index (χ3v) is 10.6. The van der Waals surface area contributed by atoms with Gasteiger partial charge in [0, 0.05) is 32.7 Å². The van der Waals surface area contributed by atoms with Crippen LogP contribution in [-0.2, 0) is 0 Å². The Bertz CT molecular complexity index is 3090. The molecule has 250 valence electrons. The lowest BCUT2D eigenvalue weighted by Crippen LogP contribution is -2.02. The molecule has 8 aromatic carbocycles. The molecule has 0 fully saturated rings. The van der Waals surface area contributed by atoms with E-state index in [0.29, 0.717) is 11.1 Å². The zero-order chi connectivity index (χ0) is 36.2. The molecule has 54 heavy (non-hydrogen) atoms. The molecule has 0 radical (unpaired) electrons. The summed E-state index contributed by atoms with van der Waals surface area (Å²) in [5.74, 6) is 0. The van der Waals surface area contributed by atoms with E-state index in [1.54, 1.807) is 6.07 Å². The largest absolute Gasteiger partial charge is 0.309 e. The number of nitrogens with zero attached hydrogens (tertiary/aromatic N) is 4. The van der Waals surface area contributed by atoms with E-state index in [1.165, 1.54) is 21.5 Å². The molecule has 0 aliphatic rings. The van der Waals surface area contributed by atoms with Gasteiger partial charge in [0.2, 0.25) is 0 Å². The average molecular weight is 687 g/mol. The Labute approximate surface area is 312 Å². The summed E-state index contributed by atoms with van der Waals surface area (Å²) < 4.78 is 4.79. The lowest BCUT2D eigenvalue weighted by molar-refractivity contribution is 1.17. The fraction of sp³-hybridized carbons (Fsp3) is 0. The summed E-state index contributed by atoms with van der Waals surface area (Å²) in [6, 6.07) is 68.2. The van der Waals surface area contributed by atoms with E-state index in [0.717, 1.165) is 66.8 Å². The van der Waals surface area contributed by atoms with E-state index in [-0.39, 0.29) is 0 Å². The second kappa shape index (κ2) is 12.5. The number of benzene rings is 8. The van der Waals surface area contributed by atoms with Crippen LogP contribution in [-0.4, -0.2) is 9.13 Å². The summed E-state index contributed by atoms with van der Waals surface area (Å²) in [7, 11) is 0. The smallest absolute Gasteiger partial charge is 0.101 e. The monoisotopic (exact) mass is 686 g/mol. The average Bonchev–Trinajstić information content (AvgIpc) is 3.76. The maximum absolute atomic E-state index is 9.86. The van der Waals surface area contributed by atoms with E-state index in [1.807, 2.05) is 12.1 Å². The minimum absolute atomic E-state index is 0.367. The first-order valence-electron chi connectivity index (χ1n) is 18.0. The highest BCUT2D eigenvalue weighted by Gasteiger charge is 2.22. The summed E-state index contributed by atoms with van der Waals surface area (Å²) in [5.41, 5.74) is 13.7. The molecule has 0 saturated heterocycles. The summed E-state index contributed by atoms with van der Waals surface area (Å²) >= 11 is 0. The highest BCUT2D eigenvalue weighted by molar-refractivity contribution is 6.11. The topological polar surface area (TPSA) is 57.4 Å². The Balaban J connectivity index is 1.30. The molecule has 0 bridgehead atoms. The Morgan fingerprint density at radius 3 is 1.37 bits per heavy atom. The minimum atomic E-state index is 0.367. The molecular formula is C50H30N4. The van der Waals surface area contributed by atoms with Gasteiger partial charge >= 0.3 is 0 Å². The standard InChI is InChI=1S/C50H30N4/c51-31-36-28-27-34(30-37(36)32-52)33-13-11-14-35(29-33)50-43(20-12-26-49(50)54-46-23-8-3-17-40(46)41-18-4-9-24-47(41)54)42-19-5-10-25-48(42)53-44-21-6-1-15-38(44)39-16-2-7-22-45(39)53/h1-30H. The van der Waals surface area contributed by atoms with Crippen LogP contribution >= 0.6 is 0 Å². The van der Waals surface area contributed by atoms with Gasteiger partial charge in [0.05, 0.1) is 44.6 Å². The Morgan fingerprint density at radius 1 is 0.333 bits per heavy atom. The van der Waals surface area contributed by atoms with Crippen molar-refractivity contribution in [2.75, 3.05) is 0 Å². The Morgan fingerprint density at radius 2 is 0.778 bits per heavy atom. The van der Waals surface area contributed by atoms with Crippen molar-refractivity contribution in [2.24, 2.45) is 0 Å². The van der Waals surface area contributed by atoms with Crippen molar-refractivity contribution in [3.05, 3.63) is 193 Å². The molecule has 4 heteroatoms. The first kappa shape index (κ1) is 31.1. The van der Waals surface area contributed by atoms with Gasteiger partial charge in [-0.05, 0) is 76.9 Å². The number of nitriles is 2. The molecule has 10 rings (SSSR count). The summed E-state index contributed by atoms with van der Waals surface area (Å²) in [4.78, 5) is 0. The van der Waals surface area contributed by atoms with Crippen LogP contribution in [0, 0.1) is 22.7 Å². The van der Waals surface area contributed by atoms with Gasteiger partial charge in [-0.1, -0.05) is 127 Å². The molecule has 0 aliphatic heterocycles. The number of aromatic nitrogens is 2. The van der Waals surface area contributed by atoms with Gasteiger partial charge in [-0.15, -0.1) is 0 Å². The van der Waals surface area contributed by atoms with E-state index in [4.69, 9.17) is 0 Å². The van der Waals surface area contributed by atoms with Gasteiger partial charge < -0.3 is 9.13 Å². The highest BCUT2D eigenvalue weighted by atomic mass is 15.0. The predicted molar refractivity (Wildman–Crippen MR) is 221 cm³/mol. The molecule has 2 aromatic heterocycles. The Kier molecular flexibility index (Phi) is 7.22. The van der Waals surface area contributed by atoms with Crippen molar-refractivity contribution in [1.29, 1.82) is 10.5 Å². The molecule has 0 amide bonds. The van der Waals surface area contributed by atoms with Crippen molar-refractivity contribution >= 4 is 43.6 Å². The zero-order valence-electron chi connectivity index (χ0n) is 29.1. The van der Waals surface area contributed by atoms with Gasteiger partial charge in [-0.3, -0.25) is 0 Å². The summed E-state index contributed by atoms with van der Waals surface area (Å²) in [6.07, 6.45) is 0. The number of hydrogen-bond donors (Lipinski definition) is 0. The van der Waals surface area contributed by atoms with Gasteiger partial charge in [0.25, 0.3) is 0 Å². The van der Waals surface area contributed by atoms with Crippen molar-refractivity contribution < 1.29 is 0 Å². The quantitative estimate of drug-likeness (QED) is 0.181. The first-order chi connectivity index (χ1) is 26.7. The van der Waals surface area contributed by atoms with Crippen LogP contribution in [0.25, 0.3) is 88.4 Å². The number of fused-ring (bicyclic) bond motifs is 6. The van der Waals surface area contributed by atoms with Crippen molar-refractivity contribution in [1.82, 2.24) is 9.13 Å². The second-order valence-electron chi connectivity index (χ2n) is 13.5. The van der Waals surface area contributed by atoms with E-state index in [2.05, 4.69) is 185 Å². The number of rotatable bonds is 5. The normalized spacial score (nSPS) is 11.3. The molecule has 0 saturated carbocycles. The van der Waals surface area contributed by atoms with E-state index >= 15 is 0 Å². The van der Waals surface area contributed by atoms with Gasteiger partial charge in [-0.25, -0.2) is 0 Å². The lowest BCUT2D eigenvalue weighted by Gasteiger charge is -2.21. The molecule has 10 aromatic rings. The lowest BCUT2D eigenvalue weighted by atomic mass is 9.90. The fourth-order valence-corrected chi connectivity index (χ4v) is 8.28. The third kappa shape index (κ3) is 4.76. The molecule has 0 spiro atoms. The summed E-state index contributed by atoms with van der Waals surface area (Å²) in [5, 5.41) is 24.3. The number of para-hydroxylation sites is 5. The van der Waals surface area contributed by atoms with Crippen molar-refractivity contribution in [2.45, 2.75) is 0 Å². The van der Waals surface area contributed by atoms with Crippen LogP contribution in [0.5, 0.6) is 0 Å². The fourth-order valence-electron chi connectivity index (χ4n) is 8.28. The molecule has 0 atom stereocenters. The van der Waals surface area contributed by atoms with Crippen LogP contribution in [0.1, 0.15) is 11.1 Å². The van der Waals surface area contributed by atoms with Crippen LogP contribution < -0.4 is 0 Å². The second-order valence-corrected chi connectivity index (χ2v) is 13.5. The van der Waals surface area contributed by atoms with E-state index in [9.17, 15) is 10.5 Å². The SMILES string of the molecule is N#Cc1ccc(-c2cccc(-c3c(-c4ccccc4-n4c5ccccc5c5ccccc54)cccc3-n3c4ccccc4c4ccccc43)c2)cc1C#N. The van der Waals surface area contributed by atoms with Crippen LogP contribution in [0.2, 0.25) is 0 Å². The Hall–Kier alpha value is -7.66. The molecule has 4 nitrogen and oxygen atoms in total. The highest BCUT2D eigenvalue weighted by Crippen LogP contribution is 2.44. The van der Waals surface area contributed by atoms with Crippen molar-refractivity contribution in [3.8, 4) is 56.9 Å². The van der Waals surface area contributed by atoms with Crippen LogP contribution in [0.4, 0.5) is 0 Å². The van der Waals surface area contributed by atoms with Crippen molar-refractivity contribution in [3.63, 3.8) is 0 Å². The number of hydrogen-bond acceptors (Lipinski definition) is 2. The molecule has 0 aliphatic carbocycles. The zero-order valence-corrected chi connectivity index (χ0v) is 29.1. The minimum Gasteiger partial charge on any atom is -0.309 e. The van der Waals surface area contributed by atoms with Crippen LogP contribution in [0.3, 0.4) is 0 Å². The maximum Gasteiger partial charge on any atom is 0.101 e. The van der Waals surface area contributed by atoms with Gasteiger partial charge in [-0.2, -0.15) is 10.5 Å². The predicted octanol–water partition coefficient (Wildman–Crippen LogP) is 12.6. The van der Waals surface area contributed by atoms with E-state index < -0.39 is 0 Å². The molecule has 2 heterocycles.